The van der Waals surface area contributed by atoms with Gasteiger partial charge in [0.25, 0.3) is 0 Å². The summed E-state index contributed by atoms with van der Waals surface area (Å²) in [6.45, 7) is 4.73. The maximum absolute atomic E-state index is 4.35. The first-order valence-corrected chi connectivity index (χ1v) is 4.97. The van der Waals surface area contributed by atoms with Crippen molar-refractivity contribution in [3.05, 3.63) is 36.4 Å². The molecule has 1 aromatic rings. The van der Waals surface area contributed by atoms with E-state index in [0.717, 1.165) is 18.1 Å². The van der Waals surface area contributed by atoms with Gasteiger partial charge in [-0.05, 0) is 25.5 Å². The molecule has 2 N–H and O–H groups in total. The van der Waals surface area contributed by atoms with E-state index in [1.54, 1.807) is 6.08 Å². The molecule has 74 valence electrons. The van der Waals surface area contributed by atoms with Gasteiger partial charge in [-0.2, -0.15) is 0 Å². The normalized spacial score (nSPS) is 21.9. The van der Waals surface area contributed by atoms with E-state index >= 15 is 0 Å². The topological polar surface area (TPSA) is 40.7 Å². The maximum atomic E-state index is 4.35. The highest BCUT2D eigenvalue weighted by atomic mass is 15.0. The molecule has 0 radical (unpaired) electrons. The van der Waals surface area contributed by atoms with Gasteiger partial charge in [-0.1, -0.05) is 18.7 Å². The summed E-state index contributed by atoms with van der Waals surface area (Å²) in [4.78, 5) is 7.63. The van der Waals surface area contributed by atoms with E-state index in [1.807, 2.05) is 18.3 Å². The van der Waals surface area contributed by atoms with Crippen LogP contribution in [0.25, 0.3) is 6.08 Å². The highest BCUT2D eigenvalue weighted by Crippen LogP contribution is 2.20. The molecule has 0 aliphatic carbocycles. The molecule has 3 nitrogen and oxygen atoms in total. The van der Waals surface area contributed by atoms with E-state index in [1.165, 1.54) is 12.8 Å². The fourth-order valence-electron chi connectivity index (χ4n) is 1.70. The molecule has 1 saturated heterocycles. The van der Waals surface area contributed by atoms with Crippen LogP contribution in [-0.2, 0) is 0 Å². The molecule has 1 fully saturated rings. The minimum Gasteiger partial charge on any atom is -0.341 e. The minimum absolute atomic E-state index is 0.417. The van der Waals surface area contributed by atoms with E-state index in [-0.39, 0.29) is 0 Å². The number of H-pyrrole nitrogens is 1. The van der Waals surface area contributed by atoms with Crippen molar-refractivity contribution in [2.24, 2.45) is 0 Å². The van der Waals surface area contributed by atoms with Crippen LogP contribution in [0.15, 0.2) is 24.9 Å². The molecule has 2 heterocycles. The highest BCUT2D eigenvalue weighted by Gasteiger charge is 2.18. The van der Waals surface area contributed by atoms with Gasteiger partial charge in [0.1, 0.15) is 5.82 Å². The first kappa shape index (κ1) is 9.21. The van der Waals surface area contributed by atoms with Crippen molar-refractivity contribution in [1.29, 1.82) is 0 Å². The summed E-state index contributed by atoms with van der Waals surface area (Å²) in [5, 5.41) is 3.40. The first-order chi connectivity index (χ1) is 6.90. The second-order valence-electron chi connectivity index (χ2n) is 3.47. The van der Waals surface area contributed by atoms with Gasteiger partial charge in [-0.3, -0.25) is 0 Å². The van der Waals surface area contributed by atoms with Gasteiger partial charge in [-0.25, -0.2) is 4.98 Å². The molecule has 0 saturated carbocycles. The molecule has 3 heteroatoms. The lowest BCUT2D eigenvalue weighted by Gasteiger charge is -2.04. The zero-order chi connectivity index (χ0) is 9.80. The van der Waals surface area contributed by atoms with E-state index < -0.39 is 0 Å². The fraction of sp³-hybridized carbons (Fsp3) is 0.364. The SMILES string of the molecule is C=C/C=C/c1cnc([C@@H]2CCCN2)[nH]1. The molecule has 1 aromatic heterocycles. The number of imidazole rings is 1. The number of nitrogens with one attached hydrogen (secondary N) is 2. The van der Waals surface area contributed by atoms with Gasteiger partial charge in [0.2, 0.25) is 0 Å². The number of nitrogens with zero attached hydrogens (tertiary/aromatic N) is 1. The van der Waals surface area contributed by atoms with Gasteiger partial charge < -0.3 is 10.3 Å². The summed E-state index contributed by atoms with van der Waals surface area (Å²) in [7, 11) is 0. The number of allylic oxidation sites excluding steroid dienone is 2. The summed E-state index contributed by atoms with van der Waals surface area (Å²) in [5.74, 6) is 1.05. The Labute approximate surface area is 83.9 Å². The van der Waals surface area contributed by atoms with Crippen LogP contribution in [0.5, 0.6) is 0 Å². The van der Waals surface area contributed by atoms with Gasteiger partial charge in [0.05, 0.1) is 17.9 Å². The average Bonchev–Trinajstić information content (AvgIpc) is 2.85. The lowest BCUT2D eigenvalue weighted by atomic mass is 10.2. The summed E-state index contributed by atoms with van der Waals surface area (Å²) >= 11 is 0. The molecular weight excluding hydrogens is 174 g/mol. The largest absolute Gasteiger partial charge is 0.341 e. The predicted octanol–water partition coefficient (Wildman–Crippen LogP) is 2.03. The summed E-state index contributed by atoms with van der Waals surface area (Å²) in [6.07, 6.45) is 9.91. The Morgan fingerprint density at radius 2 is 2.50 bits per heavy atom. The number of aromatic nitrogens is 2. The number of aromatic amines is 1. The van der Waals surface area contributed by atoms with E-state index in [9.17, 15) is 0 Å². The summed E-state index contributed by atoms with van der Waals surface area (Å²) < 4.78 is 0. The Morgan fingerprint density at radius 1 is 1.57 bits per heavy atom. The van der Waals surface area contributed by atoms with Crippen molar-refractivity contribution in [2.75, 3.05) is 6.54 Å². The second kappa shape index (κ2) is 4.24. The summed E-state index contributed by atoms with van der Waals surface area (Å²) in [5.41, 5.74) is 1.04. The van der Waals surface area contributed by atoms with Crippen LogP contribution < -0.4 is 5.32 Å². The van der Waals surface area contributed by atoms with Gasteiger partial charge >= 0.3 is 0 Å². The van der Waals surface area contributed by atoms with Crippen LogP contribution >= 0.6 is 0 Å². The van der Waals surface area contributed by atoms with E-state index in [0.29, 0.717) is 6.04 Å². The van der Waals surface area contributed by atoms with Crippen LogP contribution in [0.2, 0.25) is 0 Å². The number of rotatable bonds is 3. The van der Waals surface area contributed by atoms with Crippen LogP contribution in [0.3, 0.4) is 0 Å². The molecule has 14 heavy (non-hydrogen) atoms. The van der Waals surface area contributed by atoms with E-state index in [4.69, 9.17) is 0 Å². The van der Waals surface area contributed by atoms with E-state index in [2.05, 4.69) is 21.9 Å². The van der Waals surface area contributed by atoms with Crippen LogP contribution in [0, 0.1) is 0 Å². The Morgan fingerprint density at radius 3 is 3.21 bits per heavy atom. The zero-order valence-corrected chi connectivity index (χ0v) is 8.16. The lowest BCUT2D eigenvalue weighted by Crippen LogP contribution is -2.14. The standard InChI is InChI=1S/C11H15N3/c1-2-3-5-9-8-13-11(14-9)10-6-4-7-12-10/h2-3,5,8,10,12H,1,4,6-7H2,(H,13,14)/b5-3+/t10-/m0/s1. The molecule has 0 amide bonds. The quantitative estimate of drug-likeness (QED) is 0.714. The number of hydrogen-bond donors (Lipinski definition) is 2. The van der Waals surface area contributed by atoms with Crippen LogP contribution in [-0.4, -0.2) is 16.5 Å². The van der Waals surface area contributed by atoms with Gasteiger partial charge in [-0.15, -0.1) is 0 Å². The Hall–Kier alpha value is -1.35. The van der Waals surface area contributed by atoms with Crippen molar-refractivity contribution in [3.63, 3.8) is 0 Å². The second-order valence-corrected chi connectivity index (χ2v) is 3.47. The maximum Gasteiger partial charge on any atom is 0.123 e. The van der Waals surface area contributed by atoms with Crippen molar-refractivity contribution in [2.45, 2.75) is 18.9 Å². The third kappa shape index (κ3) is 1.93. The highest BCUT2D eigenvalue weighted by molar-refractivity contribution is 5.45. The smallest absolute Gasteiger partial charge is 0.123 e. The molecule has 1 atom stereocenters. The minimum atomic E-state index is 0.417. The summed E-state index contributed by atoms with van der Waals surface area (Å²) in [6, 6.07) is 0.417. The average molecular weight is 189 g/mol. The lowest BCUT2D eigenvalue weighted by molar-refractivity contribution is 0.612. The predicted molar refractivity (Wildman–Crippen MR) is 57.8 cm³/mol. The molecule has 1 aliphatic heterocycles. The zero-order valence-electron chi connectivity index (χ0n) is 8.16. The van der Waals surface area contributed by atoms with Crippen molar-refractivity contribution in [3.8, 4) is 0 Å². The third-order valence-corrected chi connectivity index (χ3v) is 2.42. The third-order valence-electron chi connectivity index (χ3n) is 2.42. The van der Waals surface area contributed by atoms with Crippen molar-refractivity contribution < 1.29 is 0 Å². The molecule has 0 aromatic carbocycles. The molecule has 0 spiro atoms. The molecular formula is C11H15N3. The van der Waals surface area contributed by atoms with Crippen LogP contribution in [0.4, 0.5) is 0 Å². The van der Waals surface area contributed by atoms with Gasteiger partial charge in [0.15, 0.2) is 0 Å². The molecule has 0 bridgehead atoms. The Bertz CT molecular complexity index is 332. The van der Waals surface area contributed by atoms with Gasteiger partial charge in [0, 0.05) is 0 Å². The Kier molecular flexibility index (Phi) is 2.79. The van der Waals surface area contributed by atoms with Crippen molar-refractivity contribution in [1.82, 2.24) is 15.3 Å². The molecule has 0 unspecified atom stereocenters. The van der Waals surface area contributed by atoms with Crippen molar-refractivity contribution >= 4 is 6.08 Å². The number of hydrogen-bond acceptors (Lipinski definition) is 2. The monoisotopic (exact) mass is 189 g/mol. The van der Waals surface area contributed by atoms with Crippen LogP contribution in [0.1, 0.15) is 30.4 Å². The fourth-order valence-corrected chi connectivity index (χ4v) is 1.70. The molecule has 1 aliphatic rings. The first-order valence-electron chi connectivity index (χ1n) is 4.97. The molecule has 2 rings (SSSR count). The Balaban J connectivity index is 2.08.